The first-order valence-electron chi connectivity index (χ1n) is 6.64. The largest absolute Gasteiger partial charge is 0.361 e. The van der Waals surface area contributed by atoms with Gasteiger partial charge in [0.1, 0.15) is 6.73 Å². The fourth-order valence-electron chi connectivity index (χ4n) is 2.00. The molecule has 4 nitrogen and oxygen atoms in total. The predicted molar refractivity (Wildman–Crippen MR) is 92.6 cm³/mol. The number of carbonyl (C=O) groups excluding carboxylic acids is 2. The smallest absolute Gasteiger partial charge is 0.301 e. The van der Waals surface area contributed by atoms with Crippen molar-refractivity contribution in [3.05, 3.63) is 26.6 Å². The zero-order chi connectivity index (χ0) is 15.8. The van der Waals surface area contributed by atoms with Gasteiger partial charge in [0.15, 0.2) is 0 Å². The van der Waals surface area contributed by atoms with Gasteiger partial charge >= 0.3 is 5.91 Å². The summed E-state index contributed by atoms with van der Waals surface area (Å²) in [6, 6.07) is 4.56. The Morgan fingerprint density at radius 2 is 1.86 bits per heavy atom. The quantitative estimate of drug-likeness (QED) is 0.399. The van der Waals surface area contributed by atoms with Crippen LogP contribution in [0.2, 0.25) is 25.7 Å². The van der Waals surface area contributed by atoms with E-state index in [4.69, 9.17) is 4.74 Å². The van der Waals surface area contributed by atoms with Crippen LogP contribution in [-0.4, -0.2) is 33.1 Å². The summed E-state index contributed by atoms with van der Waals surface area (Å²) < 4.78 is 7.03. The lowest BCUT2D eigenvalue weighted by atomic mass is 10.1. The normalized spacial score (nSPS) is 14.8. The van der Waals surface area contributed by atoms with E-state index >= 15 is 0 Å². The Labute approximate surface area is 142 Å². The summed E-state index contributed by atoms with van der Waals surface area (Å²) in [5.74, 6) is -1.02. The molecule has 0 spiro atoms. The van der Waals surface area contributed by atoms with Gasteiger partial charge in [0.05, 0.1) is 11.3 Å². The van der Waals surface area contributed by atoms with Crippen molar-refractivity contribution in [1.29, 1.82) is 0 Å². The van der Waals surface area contributed by atoms with Gasteiger partial charge in [-0.3, -0.25) is 14.5 Å². The molecule has 0 fully saturated rings. The third kappa shape index (κ3) is 3.83. The molecule has 0 unspecified atom stereocenters. The van der Waals surface area contributed by atoms with Crippen molar-refractivity contribution < 1.29 is 14.3 Å². The first-order chi connectivity index (χ1) is 9.70. The third-order valence-electron chi connectivity index (χ3n) is 3.21. The Morgan fingerprint density at radius 3 is 2.48 bits per heavy atom. The molecular formula is C14H17Br2NO3Si. The first kappa shape index (κ1) is 16.9. The van der Waals surface area contributed by atoms with Crippen molar-refractivity contribution in [1.82, 2.24) is 0 Å². The number of ketones is 1. The zero-order valence-corrected chi connectivity index (χ0v) is 16.4. The van der Waals surface area contributed by atoms with Gasteiger partial charge < -0.3 is 4.74 Å². The fraction of sp³-hybridized carbons (Fsp3) is 0.429. The van der Waals surface area contributed by atoms with Gasteiger partial charge in [0.25, 0.3) is 5.78 Å². The van der Waals surface area contributed by atoms with E-state index in [1.165, 1.54) is 4.90 Å². The van der Waals surface area contributed by atoms with Gasteiger partial charge in [-0.1, -0.05) is 35.6 Å². The van der Waals surface area contributed by atoms with E-state index in [1.54, 1.807) is 12.1 Å². The lowest BCUT2D eigenvalue weighted by Gasteiger charge is -2.19. The number of fused-ring (bicyclic) bond motifs is 1. The summed E-state index contributed by atoms with van der Waals surface area (Å²) >= 11 is 6.71. The van der Waals surface area contributed by atoms with Crippen LogP contribution in [0.4, 0.5) is 5.69 Å². The second kappa shape index (κ2) is 6.32. The molecule has 0 saturated carbocycles. The average Bonchev–Trinajstić information content (AvgIpc) is 2.57. The Balaban J connectivity index is 2.12. The fourth-order valence-corrected chi connectivity index (χ4v) is 4.14. The zero-order valence-electron chi connectivity index (χ0n) is 12.2. The molecule has 0 bridgehead atoms. The van der Waals surface area contributed by atoms with Crippen molar-refractivity contribution >= 4 is 57.3 Å². The van der Waals surface area contributed by atoms with Crippen LogP contribution in [-0.2, 0) is 9.53 Å². The maximum absolute atomic E-state index is 12.1. The van der Waals surface area contributed by atoms with Crippen LogP contribution in [0.1, 0.15) is 10.4 Å². The third-order valence-corrected chi connectivity index (χ3v) is 6.00. The van der Waals surface area contributed by atoms with E-state index in [0.717, 1.165) is 10.5 Å². The molecule has 1 aromatic rings. The van der Waals surface area contributed by atoms with Crippen LogP contribution in [0, 0.1) is 0 Å². The van der Waals surface area contributed by atoms with Crippen LogP contribution < -0.4 is 4.90 Å². The molecule has 21 heavy (non-hydrogen) atoms. The van der Waals surface area contributed by atoms with Crippen LogP contribution in [0.5, 0.6) is 0 Å². The number of rotatable bonds is 5. The van der Waals surface area contributed by atoms with Gasteiger partial charge in [-0.05, 0) is 34.1 Å². The molecule has 0 saturated heterocycles. The standard InChI is InChI=1S/C14H17Br2NO3Si/c1-21(2,3)5-4-20-8-17-11-7-9(15)6-10(16)12(11)13(18)14(17)19/h6-7H,4-5,8H2,1-3H3. The van der Waals surface area contributed by atoms with Gasteiger partial charge in [0.2, 0.25) is 0 Å². The first-order valence-corrected chi connectivity index (χ1v) is 11.9. The number of amides is 1. The number of anilines is 1. The van der Waals surface area contributed by atoms with E-state index in [2.05, 4.69) is 51.5 Å². The summed E-state index contributed by atoms with van der Waals surface area (Å²) in [5.41, 5.74) is 1.01. The number of benzene rings is 1. The number of Topliss-reactive ketones (excluding diaryl/α,β-unsaturated/α-hetero) is 1. The van der Waals surface area contributed by atoms with Crippen LogP contribution >= 0.6 is 31.9 Å². The van der Waals surface area contributed by atoms with Gasteiger partial charge in [-0.2, -0.15) is 0 Å². The Kier molecular flexibility index (Phi) is 5.07. The summed E-state index contributed by atoms with van der Waals surface area (Å²) in [4.78, 5) is 25.5. The molecule has 0 N–H and O–H groups in total. The van der Waals surface area contributed by atoms with Crippen molar-refractivity contribution in [3.63, 3.8) is 0 Å². The number of ether oxygens (including phenoxy) is 1. The van der Waals surface area contributed by atoms with Crippen molar-refractivity contribution in [2.75, 3.05) is 18.2 Å². The lowest BCUT2D eigenvalue weighted by molar-refractivity contribution is -0.115. The topological polar surface area (TPSA) is 46.6 Å². The number of halogens is 2. The van der Waals surface area contributed by atoms with Gasteiger partial charge in [-0.25, -0.2) is 0 Å². The van der Waals surface area contributed by atoms with Crippen molar-refractivity contribution in [3.8, 4) is 0 Å². The van der Waals surface area contributed by atoms with Gasteiger partial charge in [-0.15, -0.1) is 0 Å². The number of hydrogen-bond donors (Lipinski definition) is 0. The second-order valence-electron chi connectivity index (χ2n) is 6.19. The minimum absolute atomic E-state index is 0.116. The molecule has 2 rings (SSSR count). The van der Waals surface area contributed by atoms with Crippen LogP contribution in [0.3, 0.4) is 0 Å². The van der Waals surface area contributed by atoms with Crippen LogP contribution in [0.25, 0.3) is 0 Å². The molecule has 1 amide bonds. The van der Waals surface area contributed by atoms with E-state index in [0.29, 0.717) is 22.3 Å². The summed E-state index contributed by atoms with van der Waals surface area (Å²) in [6.45, 7) is 7.53. The molecule has 0 aromatic heterocycles. The molecule has 1 heterocycles. The molecule has 1 aromatic carbocycles. The highest BCUT2D eigenvalue weighted by atomic mass is 79.9. The van der Waals surface area contributed by atoms with Crippen molar-refractivity contribution in [2.45, 2.75) is 25.7 Å². The van der Waals surface area contributed by atoms with E-state index in [-0.39, 0.29) is 6.73 Å². The molecule has 0 radical (unpaired) electrons. The Morgan fingerprint density at radius 1 is 1.19 bits per heavy atom. The molecule has 7 heteroatoms. The Hall–Kier alpha value is -0.503. The molecule has 114 valence electrons. The number of nitrogens with zero attached hydrogens (tertiary/aromatic N) is 1. The minimum atomic E-state index is -1.16. The predicted octanol–water partition coefficient (Wildman–Crippen LogP) is 4.05. The van der Waals surface area contributed by atoms with Crippen LogP contribution in [0.15, 0.2) is 21.1 Å². The summed E-state index contributed by atoms with van der Waals surface area (Å²) in [5, 5.41) is 0. The molecule has 1 aliphatic heterocycles. The maximum Gasteiger partial charge on any atom is 0.301 e. The number of hydrogen-bond acceptors (Lipinski definition) is 3. The lowest BCUT2D eigenvalue weighted by Crippen LogP contribution is -2.33. The average molecular weight is 435 g/mol. The number of carbonyl (C=O) groups is 2. The highest BCUT2D eigenvalue weighted by Gasteiger charge is 2.37. The van der Waals surface area contributed by atoms with E-state index in [9.17, 15) is 9.59 Å². The van der Waals surface area contributed by atoms with E-state index in [1.807, 2.05) is 0 Å². The van der Waals surface area contributed by atoms with E-state index < -0.39 is 19.8 Å². The maximum atomic E-state index is 12.1. The minimum Gasteiger partial charge on any atom is -0.361 e. The molecule has 1 aliphatic rings. The SMILES string of the molecule is C[Si](C)(C)CCOCN1C(=O)C(=O)c2c(Br)cc(Br)cc21. The highest BCUT2D eigenvalue weighted by Crippen LogP contribution is 2.37. The summed E-state index contributed by atoms with van der Waals surface area (Å²) in [7, 11) is -1.16. The van der Waals surface area contributed by atoms with Crippen molar-refractivity contribution in [2.24, 2.45) is 0 Å². The molecule has 0 aliphatic carbocycles. The monoisotopic (exact) mass is 433 g/mol. The molecular weight excluding hydrogens is 418 g/mol. The Bertz CT molecular complexity index is 599. The molecule has 0 atom stereocenters. The summed E-state index contributed by atoms with van der Waals surface area (Å²) in [6.07, 6.45) is 0. The highest BCUT2D eigenvalue weighted by molar-refractivity contribution is 9.11. The second-order valence-corrected chi connectivity index (χ2v) is 13.6. The van der Waals surface area contributed by atoms with Gasteiger partial charge in [0, 0.05) is 23.6 Å².